The highest BCUT2D eigenvalue weighted by atomic mass is 35.5. The monoisotopic (exact) mass is 368 g/mol. The minimum atomic E-state index is -0.971. The lowest BCUT2D eigenvalue weighted by molar-refractivity contribution is -0.139. The van der Waals surface area contributed by atoms with E-state index in [1.807, 2.05) is 0 Å². The summed E-state index contributed by atoms with van der Waals surface area (Å²) in [5.41, 5.74) is -0.326. The maximum atomic E-state index is 12.1. The first-order valence-corrected chi connectivity index (χ1v) is 8.42. The van der Waals surface area contributed by atoms with Crippen molar-refractivity contribution in [2.45, 2.75) is 31.2 Å². The van der Waals surface area contributed by atoms with Crippen LogP contribution in [0.15, 0.2) is 24.3 Å². The van der Waals surface area contributed by atoms with Gasteiger partial charge in [0.1, 0.15) is 0 Å². The minimum absolute atomic E-state index is 0.161. The van der Waals surface area contributed by atoms with Crippen LogP contribution in [-0.2, 0) is 14.3 Å². The standard InChI is InChI=1S/C17H21ClN2O5/c18-13-5-3-12(4-6-13)16(24)19-8-1-2-14(21)20-17(10-15(22)23)7-9-25-11-17/h3-6H,1-2,7-11H2,(H,19,24)(H,20,21)(H,22,23). The number of hydrogen-bond donors (Lipinski definition) is 3. The number of carbonyl (C=O) groups excluding carboxylic acids is 2. The molecule has 1 aliphatic heterocycles. The SMILES string of the molecule is O=C(O)CC1(NC(=O)CCCNC(=O)c2ccc(Cl)cc2)CCOC1. The summed E-state index contributed by atoms with van der Waals surface area (Å²) in [6.07, 6.45) is 0.974. The Kier molecular flexibility index (Phi) is 6.78. The first-order chi connectivity index (χ1) is 11.9. The molecule has 0 spiro atoms. The van der Waals surface area contributed by atoms with Crippen LogP contribution in [0.5, 0.6) is 0 Å². The van der Waals surface area contributed by atoms with Gasteiger partial charge in [-0.25, -0.2) is 0 Å². The number of aliphatic carboxylic acids is 1. The van der Waals surface area contributed by atoms with Gasteiger partial charge in [-0.2, -0.15) is 0 Å². The molecule has 1 aromatic rings. The van der Waals surface area contributed by atoms with Crippen molar-refractivity contribution in [1.82, 2.24) is 10.6 Å². The molecule has 0 bridgehead atoms. The zero-order chi connectivity index (χ0) is 18.3. The number of amides is 2. The Bertz CT molecular complexity index is 626. The predicted octanol–water partition coefficient (Wildman–Crippen LogP) is 1.60. The van der Waals surface area contributed by atoms with Gasteiger partial charge in [-0.15, -0.1) is 0 Å². The van der Waals surface area contributed by atoms with Gasteiger partial charge in [0.05, 0.1) is 18.6 Å². The van der Waals surface area contributed by atoms with Gasteiger partial charge < -0.3 is 20.5 Å². The molecule has 1 fully saturated rings. The average Bonchev–Trinajstić information content (AvgIpc) is 2.99. The lowest BCUT2D eigenvalue weighted by Gasteiger charge is -2.27. The summed E-state index contributed by atoms with van der Waals surface area (Å²) in [7, 11) is 0. The summed E-state index contributed by atoms with van der Waals surface area (Å²) in [4.78, 5) is 34.9. The first kappa shape index (κ1) is 19.2. The normalized spacial score (nSPS) is 19.4. The van der Waals surface area contributed by atoms with Crippen molar-refractivity contribution < 1.29 is 24.2 Å². The van der Waals surface area contributed by atoms with Crippen LogP contribution in [0.2, 0.25) is 5.02 Å². The van der Waals surface area contributed by atoms with Crippen molar-refractivity contribution in [3.05, 3.63) is 34.9 Å². The second-order valence-electron chi connectivity index (χ2n) is 6.07. The molecule has 0 saturated carbocycles. The van der Waals surface area contributed by atoms with Gasteiger partial charge in [0.25, 0.3) is 5.91 Å². The summed E-state index contributed by atoms with van der Waals surface area (Å²) in [5.74, 6) is -1.45. The van der Waals surface area contributed by atoms with Crippen molar-refractivity contribution in [3.63, 3.8) is 0 Å². The van der Waals surface area contributed by atoms with Crippen LogP contribution in [0.25, 0.3) is 0 Å². The minimum Gasteiger partial charge on any atom is -0.481 e. The molecule has 1 atom stereocenters. The van der Waals surface area contributed by atoms with Gasteiger partial charge in [-0.3, -0.25) is 14.4 Å². The Labute approximate surface area is 150 Å². The third-order valence-electron chi connectivity index (χ3n) is 3.97. The molecule has 136 valence electrons. The quantitative estimate of drug-likeness (QED) is 0.604. The van der Waals surface area contributed by atoms with E-state index >= 15 is 0 Å². The van der Waals surface area contributed by atoms with Crippen molar-refractivity contribution in [1.29, 1.82) is 0 Å². The third-order valence-corrected chi connectivity index (χ3v) is 4.22. The zero-order valence-corrected chi connectivity index (χ0v) is 14.5. The van der Waals surface area contributed by atoms with E-state index in [-0.39, 0.29) is 31.3 Å². The fraction of sp³-hybridized carbons (Fsp3) is 0.471. The molecule has 0 radical (unpaired) electrons. The Morgan fingerprint density at radius 2 is 1.96 bits per heavy atom. The van der Waals surface area contributed by atoms with E-state index in [0.717, 1.165) is 0 Å². The van der Waals surface area contributed by atoms with Crippen molar-refractivity contribution in [2.24, 2.45) is 0 Å². The van der Waals surface area contributed by atoms with E-state index < -0.39 is 11.5 Å². The zero-order valence-electron chi connectivity index (χ0n) is 13.7. The van der Waals surface area contributed by atoms with Gasteiger partial charge in [0, 0.05) is 30.2 Å². The van der Waals surface area contributed by atoms with Crippen LogP contribution < -0.4 is 10.6 Å². The number of carboxylic acids is 1. The number of carboxylic acid groups (broad SMARTS) is 1. The molecular formula is C17H21ClN2O5. The highest BCUT2D eigenvalue weighted by Crippen LogP contribution is 2.22. The Morgan fingerprint density at radius 1 is 1.24 bits per heavy atom. The average molecular weight is 369 g/mol. The van der Waals surface area contributed by atoms with E-state index in [1.165, 1.54) is 0 Å². The summed E-state index contributed by atoms with van der Waals surface area (Å²) >= 11 is 5.77. The molecule has 1 saturated heterocycles. The Hall–Kier alpha value is -2.12. The van der Waals surface area contributed by atoms with Crippen LogP contribution in [0.4, 0.5) is 0 Å². The van der Waals surface area contributed by atoms with Crippen LogP contribution in [0.3, 0.4) is 0 Å². The molecule has 2 amide bonds. The number of carbonyl (C=O) groups is 3. The molecule has 0 aromatic heterocycles. The predicted molar refractivity (Wildman–Crippen MR) is 91.6 cm³/mol. The van der Waals surface area contributed by atoms with E-state index in [9.17, 15) is 14.4 Å². The van der Waals surface area contributed by atoms with E-state index in [2.05, 4.69) is 10.6 Å². The van der Waals surface area contributed by atoms with Crippen LogP contribution in [0, 0.1) is 0 Å². The molecule has 2 rings (SSSR count). The Morgan fingerprint density at radius 3 is 2.56 bits per heavy atom. The molecule has 25 heavy (non-hydrogen) atoms. The number of rotatable bonds is 8. The number of nitrogens with one attached hydrogen (secondary N) is 2. The van der Waals surface area contributed by atoms with Gasteiger partial charge in [0.2, 0.25) is 5.91 Å². The number of benzene rings is 1. The number of halogens is 1. The molecule has 7 nitrogen and oxygen atoms in total. The van der Waals surface area contributed by atoms with Crippen LogP contribution >= 0.6 is 11.6 Å². The first-order valence-electron chi connectivity index (χ1n) is 8.04. The molecule has 1 unspecified atom stereocenters. The summed E-state index contributed by atoms with van der Waals surface area (Å²) in [6.45, 7) is 0.986. The van der Waals surface area contributed by atoms with Crippen molar-refractivity contribution in [2.75, 3.05) is 19.8 Å². The van der Waals surface area contributed by atoms with E-state index in [0.29, 0.717) is 36.6 Å². The molecule has 1 aromatic carbocycles. The fourth-order valence-electron chi connectivity index (χ4n) is 2.69. The number of hydrogen-bond acceptors (Lipinski definition) is 4. The molecular weight excluding hydrogens is 348 g/mol. The van der Waals surface area contributed by atoms with Crippen molar-refractivity contribution in [3.8, 4) is 0 Å². The lowest BCUT2D eigenvalue weighted by Crippen LogP contribution is -2.50. The second kappa shape index (κ2) is 8.82. The topological polar surface area (TPSA) is 105 Å². The van der Waals surface area contributed by atoms with E-state index in [4.69, 9.17) is 21.4 Å². The highest BCUT2D eigenvalue weighted by molar-refractivity contribution is 6.30. The molecule has 8 heteroatoms. The smallest absolute Gasteiger partial charge is 0.305 e. The summed E-state index contributed by atoms with van der Waals surface area (Å²) in [5, 5.41) is 15.1. The maximum Gasteiger partial charge on any atom is 0.305 e. The third kappa shape index (κ3) is 6.03. The fourth-order valence-corrected chi connectivity index (χ4v) is 2.82. The molecule has 3 N–H and O–H groups in total. The summed E-state index contributed by atoms with van der Waals surface area (Å²) < 4.78 is 5.23. The van der Waals surface area contributed by atoms with Crippen molar-refractivity contribution >= 4 is 29.4 Å². The van der Waals surface area contributed by atoms with Gasteiger partial charge in [0.15, 0.2) is 0 Å². The highest BCUT2D eigenvalue weighted by Gasteiger charge is 2.38. The second-order valence-corrected chi connectivity index (χ2v) is 6.50. The molecule has 1 aliphatic rings. The van der Waals surface area contributed by atoms with Gasteiger partial charge in [-0.05, 0) is 37.1 Å². The molecule has 0 aliphatic carbocycles. The van der Waals surface area contributed by atoms with Gasteiger partial charge in [-0.1, -0.05) is 11.6 Å². The largest absolute Gasteiger partial charge is 0.481 e. The molecule has 1 heterocycles. The van der Waals surface area contributed by atoms with Crippen LogP contribution in [0.1, 0.15) is 36.0 Å². The Balaban J connectivity index is 1.72. The van der Waals surface area contributed by atoms with Crippen LogP contribution in [-0.4, -0.2) is 48.2 Å². The van der Waals surface area contributed by atoms with Gasteiger partial charge >= 0.3 is 5.97 Å². The number of ether oxygens (including phenoxy) is 1. The summed E-state index contributed by atoms with van der Waals surface area (Å²) in [6, 6.07) is 6.52. The maximum absolute atomic E-state index is 12.1. The van der Waals surface area contributed by atoms with E-state index in [1.54, 1.807) is 24.3 Å². The lowest BCUT2D eigenvalue weighted by atomic mass is 9.94.